The monoisotopic (exact) mass is 322 g/mol. The van der Waals surface area contributed by atoms with E-state index in [1.165, 1.54) is 23.4 Å². The summed E-state index contributed by atoms with van der Waals surface area (Å²) in [6.07, 6.45) is 0. The normalized spacial score (nSPS) is 14.3. The fourth-order valence-corrected chi connectivity index (χ4v) is 3.11. The molecule has 0 atom stereocenters. The Bertz CT molecular complexity index is 805. The van der Waals surface area contributed by atoms with Crippen LogP contribution in [0, 0.1) is 28.4 Å². The first-order valence-corrected chi connectivity index (χ1v) is 7.84. The molecule has 1 saturated heterocycles. The quantitative estimate of drug-likeness (QED) is 0.641. The predicted molar refractivity (Wildman–Crippen MR) is 93.4 cm³/mol. The van der Waals surface area contributed by atoms with Crippen LogP contribution in [0.3, 0.4) is 0 Å². The van der Waals surface area contributed by atoms with Gasteiger partial charge in [0.25, 0.3) is 5.69 Å². The maximum atomic E-state index is 11.3. The third kappa shape index (κ3) is 3.01. The van der Waals surface area contributed by atoms with Crippen molar-refractivity contribution in [2.24, 2.45) is 0 Å². The highest BCUT2D eigenvalue weighted by atomic mass is 16.6. The molecule has 0 radical (unpaired) electrons. The maximum Gasteiger partial charge on any atom is 0.292 e. The maximum absolute atomic E-state index is 11.3. The Morgan fingerprint density at radius 3 is 2.25 bits per heavy atom. The summed E-state index contributed by atoms with van der Waals surface area (Å²) in [5.41, 5.74) is 3.46. The van der Waals surface area contributed by atoms with Crippen LogP contribution in [-0.2, 0) is 0 Å². The van der Waals surface area contributed by atoms with E-state index in [0.717, 1.165) is 13.1 Å². The van der Waals surface area contributed by atoms with Gasteiger partial charge in [-0.1, -0.05) is 18.2 Å². The molecule has 0 N–H and O–H groups in total. The van der Waals surface area contributed by atoms with Crippen LogP contribution in [0.25, 0.3) is 0 Å². The lowest BCUT2D eigenvalue weighted by Gasteiger charge is -2.37. The van der Waals surface area contributed by atoms with Crippen LogP contribution in [0.15, 0.2) is 42.5 Å². The zero-order valence-electron chi connectivity index (χ0n) is 13.5. The molecule has 6 heteroatoms. The Labute approximate surface area is 140 Å². The molecular weight excluding hydrogens is 304 g/mol. The molecule has 0 unspecified atom stereocenters. The number of nitriles is 1. The summed E-state index contributed by atoms with van der Waals surface area (Å²) in [7, 11) is 0. The van der Waals surface area contributed by atoms with Crippen LogP contribution in [0.2, 0.25) is 0 Å². The first-order valence-electron chi connectivity index (χ1n) is 7.84. The number of hydrogen-bond acceptors (Lipinski definition) is 5. The molecule has 0 aromatic heterocycles. The van der Waals surface area contributed by atoms with Gasteiger partial charge in [-0.2, -0.15) is 5.26 Å². The molecule has 2 aromatic carbocycles. The number of para-hydroxylation sites is 1. The second-order valence-electron chi connectivity index (χ2n) is 5.83. The van der Waals surface area contributed by atoms with E-state index >= 15 is 0 Å². The van der Waals surface area contributed by atoms with Gasteiger partial charge in [-0.05, 0) is 30.7 Å². The van der Waals surface area contributed by atoms with Crippen LogP contribution in [0.1, 0.15) is 11.1 Å². The van der Waals surface area contributed by atoms with Gasteiger partial charge in [0, 0.05) is 37.9 Å². The minimum Gasteiger partial charge on any atom is -0.368 e. The number of anilines is 2. The van der Waals surface area contributed by atoms with Crippen molar-refractivity contribution in [3.8, 4) is 6.07 Å². The molecule has 2 aromatic rings. The summed E-state index contributed by atoms with van der Waals surface area (Å²) in [4.78, 5) is 15.2. The van der Waals surface area contributed by atoms with Gasteiger partial charge in [0.15, 0.2) is 0 Å². The Balaban J connectivity index is 1.81. The predicted octanol–water partition coefficient (Wildman–Crippen LogP) is 3.10. The first kappa shape index (κ1) is 15.8. The highest BCUT2D eigenvalue weighted by Gasteiger charge is 2.24. The Morgan fingerprint density at radius 1 is 1.04 bits per heavy atom. The standard InChI is InChI=1S/C18H18N4O2/c1-14-4-2-3-5-16(14)20-8-10-21(11-9-20)18-12-15(13-19)6-7-17(18)22(23)24/h2-7,12H,8-11H2,1H3. The van der Waals surface area contributed by atoms with Crippen LogP contribution in [0.5, 0.6) is 0 Å². The van der Waals surface area contributed by atoms with Gasteiger partial charge in [0.2, 0.25) is 0 Å². The van der Waals surface area contributed by atoms with Gasteiger partial charge >= 0.3 is 0 Å². The van der Waals surface area contributed by atoms with Gasteiger partial charge in [-0.25, -0.2) is 0 Å². The van der Waals surface area contributed by atoms with Crippen LogP contribution in [-0.4, -0.2) is 31.1 Å². The number of rotatable bonds is 3. The zero-order chi connectivity index (χ0) is 17.1. The van der Waals surface area contributed by atoms with Gasteiger partial charge < -0.3 is 9.80 Å². The van der Waals surface area contributed by atoms with Crippen molar-refractivity contribution in [1.29, 1.82) is 5.26 Å². The second-order valence-corrected chi connectivity index (χ2v) is 5.83. The minimum absolute atomic E-state index is 0.0540. The van der Waals surface area contributed by atoms with E-state index in [0.29, 0.717) is 24.3 Å². The lowest BCUT2D eigenvalue weighted by atomic mass is 10.1. The van der Waals surface area contributed by atoms with Gasteiger partial charge in [0.1, 0.15) is 5.69 Å². The SMILES string of the molecule is Cc1ccccc1N1CCN(c2cc(C#N)ccc2[N+](=O)[O-])CC1. The fraction of sp³-hybridized carbons (Fsp3) is 0.278. The fourth-order valence-electron chi connectivity index (χ4n) is 3.11. The van der Waals surface area contributed by atoms with Crippen molar-refractivity contribution in [2.75, 3.05) is 36.0 Å². The van der Waals surface area contributed by atoms with Crippen molar-refractivity contribution >= 4 is 17.1 Å². The second kappa shape index (κ2) is 6.59. The zero-order valence-corrected chi connectivity index (χ0v) is 13.5. The highest BCUT2D eigenvalue weighted by Crippen LogP contribution is 2.31. The minimum atomic E-state index is -0.385. The molecule has 1 heterocycles. The van der Waals surface area contributed by atoms with Crippen LogP contribution < -0.4 is 9.80 Å². The van der Waals surface area contributed by atoms with Crippen molar-refractivity contribution in [3.05, 3.63) is 63.7 Å². The molecule has 3 rings (SSSR count). The van der Waals surface area contributed by atoms with E-state index in [9.17, 15) is 10.1 Å². The van der Waals surface area contributed by atoms with Crippen molar-refractivity contribution in [2.45, 2.75) is 6.92 Å². The summed E-state index contributed by atoms with van der Waals surface area (Å²) in [6, 6.07) is 14.8. The molecule has 0 saturated carbocycles. The third-order valence-electron chi connectivity index (χ3n) is 4.38. The largest absolute Gasteiger partial charge is 0.368 e. The number of nitro benzene ring substituents is 1. The van der Waals surface area contributed by atoms with Crippen molar-refractivity contribution in [1.82, 2.24) is 0 Å². The molecule has 0 aliphatic carbocycles. The Kier molecular flexibility index (Phi) is 4.34. The summed E-state index contributed by atoms with van der Waals surface area (Å²) in [6.45, 7) is 5.04. The summed E-state index contributed by atoms with van der Waals surface area (Å²) in [5.74, 6) is 0. The average Bonchev–Trinajstić information content (AvgIpc) is 2.61. The van der Waals surface area contributed by atoms with E-state index in [-0.39, 0.29) is 10.6 Å². The average molecular weight is 322 g/mol. The lowest BCUT2D eigenvalue weighted by molar-refractivity contribution is -0.384. The first-order chi connectivity index (χ1) is 11.6. The van der Waals surface area contributed by atoms with E-state index < -0.39 is 0 Å². The van der Waals surface area contributed by atoms with Crippen LogP contribution in [0.4, 0.5) is 17.1 Å². The number of benzene rings is 2. The molecule has 1 fully saturated rings. The molecule has 0 bridgehead atoms. The molecule has 1 aliphatic rings. The van der Waals surface area contributed by atoms with Gasteiger partial charge in [-0.3, -0.25) is 10.1 Å². The smallest absolute Gasteiger partial charge is 0.292 e. The van der Waals surface area contributed by atoms with E-state index in [4.69, 9.17) is 5.26 Å². The third-order valence-corrected chi connectivity index (χ3v) is 4.38. The number of nitrogens with zero attached hydrogens (tertiary/aromatic N) is 4. The molecular formula is C18H18N4O2. The Morgan fingerprint density at radius 2 is 1.67 bits per heavy atom. The number of piperazine rings is 1. The summed E-state index contributed by atoms with van der Waals surface area (Å²) in [5, 5.41) is 20.3. The van der Waals surface area contributed by atoms with E-state index in [1.54, 1.807) is 6.07 Å². The molecule has 0 spiro atoms. The van der Waals surface area contributed by atoms with Crippen molar-refractivity contribution < 1.29 is 4.92 Å². The topological polar surface area (TPSA) is 73.4 Å². The lowest BCUT2D eigenvalue weighted by Crippen LogP contribution is -2.47. The van der Waals surface area contributed by atoms with E-state index in [2.05, 4.69) is 30.0 Å². The van der Waals surface area contributed by atoms with E-state index in [1.807, 2.05) is 17.0 Å². The summed E-state index contributed by atoms with van der Waals surface area (Å²) >= 11 is 0. The molecule has 122 valence electrons. The molecule has 6 nitrogen and oxygen atoms in total. The van der Waals surface area contributed by atoms with Crippen molar-refractivity contribution in [3.63, 3.8) is 0 Å². The van der Waals surface area contributed by atoms with Gasteiger partial charge in [0.05, 0.1) is 16.6 Å². The molecule has 1 aliphatic heterocycles. The summed E-state index contributed by atoms with van der Waals surface area (Å²) < 4.78 is 0. The van der Waals surface area contributed by atoms with Gasteiger partial charge in [-0.15, -0.1) is 0 Å². The number of nitro groups is 1. The highest BCUT2D eigenvalue weighted by molar-refractivity contribution is 5.67. The molecule has 24 heavy (non-hydrogen) atoms. The molecule has 0 amide bonds. The number of aryl methyl sites for hydroxylation is 1. The Hall–Kier alpha value is -3.07. The van der Waals surface area contributed by atoms with Crippen LogP contribution >= 0.6 is 0 Å². The number of hydrogen-bond donors (Lipinski definition) is 0.